The quantitative estimate of drug-likeness (QED) is 0.556. The summed E-state index contributed by atoms with van der Waals surface area (Å²) in [6.07, 6.45) is 2.18. The number of hydrogen-bond donors (Lipinski definition) is 2. The molecule has 1 atom stereocenters. The van der Waals surface area contributed by atoms with Crippen LogP contribution in [0.2, 0.25) is 0 Å². The summed E-state index contributed by atoms with van der Waals surface area (Å²) in [4.78, 5) is 36.2. The molecule has 0 radical (unpaired) electrons. The first kappa shape index (κ1) is 20.3. The summed E-state index contributed by atoms with van der Waals surface area (Å²) >= 11 is 0. The molecule has 0 aliphatic heterocycles. The number of carbonyl (C=O) groups is 3. The van der Waals surface area contributed by atoms with E-state index in [0.717, 1.165) is 0 Å². The summed E-state index contributed by atoms with van der Waals surface area (Å²) < 4.78 is 12.9. The molecule has 7 heteroatoms. The van der Waals surface area contributed by atoms with Crippen LogP contribution in [-0.2, 0) is 14.4 Å². The van der Waals surface area contributed by atoms with Crippen LogP contribution in [0, 0.1) is 11.7 Å². The van der Waals surface area contributed by atoms with Crippen molar-refractivity contribution in [1.29, 1.82) is 0 Å². The van der Waals surface area contributed by atoms with Gasteiger partial charge in [-0.05, 0) is 37.1 Å². The van der Waals surface area contributed by atoms with Gasteiger partial charge in [0.25, 0.3) is 5.91 Å². The minimum absolute atomic E-state index is 0.0683. The van der Waals surface area contributed by atoms with Crippen LogP contribution in [0.5, 0.6) is 0 Å². The first-order chi connectivity index (χ1) is 11.8. The summed E-state index contributed by atoms with van der Waals surface area (Å²) in [5.41, 5.74) is 0.922. The third-order valence-electron chi connectivity index (χ3n) is 3.74. The van der Waals surface area contributed by atoms with Gasteiger partial charge in [-0.2, -0.15) is 0 Å². The molecule has 25 heavy (non-hydrogen) atoms. The molecule has 0 heterocycles. The van der Waals surface area contributed by atoms with Gasteiger partial charge in [0.05, 0.1) is 12.6 Å². The highest BCUT2D eigenvalue weighted by Gasteiger charge is 2.22. The van der Waals surface area contributed by atoms with E-state index in [1.54, 1.807) is 20.0 Å². The number of amides is 3. The summed E-state index contributed by atoms with van der Waals surface area (Å²) in [5.74, 6) is -0.897. The second-order valence-electron chi connectivity index (χ2n) is 6.05. The Kier molecular flexibility index (Phi) is 7.78. The first-order valence-corrected chi connectivity index (χ1v) is 7.94. The van der Waals surface area contributed by atoms with Crippen molar-refractivity contribution in [2.45, 2.75) is 26.8 Å². The Balaban J connectivity index is 2.85. The van der Waals surface area contributed by atoms with Crippen LogP contribution < -0.4 is 10.6 Å². The average Bonchev–Trinajstić information content (AvgIpc) is 2.58. The lowest BCUT2D eigenvalue weighted by Gasteiger charge is -2.29. The molecule has 0 bridgehead atoms. The first-order valence-electron chi connectivity index (χ1n) is 7.94. The van der Waals surface area contributed by atoms with Crippen molar-refractivity contribution in [3.8, 4) is 0 Å². The topological polar surface area (TPSA) is 78.5 Å². The molecule has 1 aromatic carbocycles. The van der Waals surface area contributed by atoms with Gasteiger partial charge in [0.15, 0.2) is 0 Å². The number of carbonyl (C=O) groups excluding carboxylic acids is 3. The number of hydrogen-bond acceptors (Lipinski definition) is 3. The molecule has 0 aromatic heterocycles. The van der Waals surface area contributed by atoms with E-state index in [0.29, 0.717) is 17.7 Å². The number of anilines is 1. The van der Waals surface area contributed by atoms with E-state index in [4.69, 9.17) is 0 Å². The van der Waals surface area contributed by atoms with Crippen molar-refractivity contribution in [3.63, 3.8) is 0 Å². The number of rotatable bonds is 8. The Bertz CT molecular complexity index is 641. The second kappa shape index (κ2) is 9.56. The Morgan fingerprint density at radius 1 is 1.24 bits per heavy atom. The van der Waals surface area contributed by atoms with Crippen LogP contribution in [0.15, 0.2) is 35.9 Å². The van der Waals surface area contributed by atoms with E-state index >= 15 is 0 Å². The predicted octanol–water partition coefficient (Wildman–Crippen LogP) is 1.94. The molecule has 0 unspecified atom stereocenters. The number of nitrogens with zero attached hydrogens (tertiary/aromatic N) is 1. The van der Waals surface area contributed by atoms with Crippen molar-refractivity contribution in [3.05, 3.63) is 41.7 Å². The van der Waals surface area contributed by atoms with Gasteiger partial charge in [-0.25, -0.2) is 4.39 Å². The molecule has 0 fully saturated rings. The highest BCUT2D eigenvalue weighted by atomic mass is 19.1. The number of benzene rings is 1. The van der Waals surface area contributed by atoms with Gasteiger partial charge in [0, 0.05) is 18.3 Å². The van der Waals surface area contributed by atoms with Crippen LogP contribution in [-0.4, -0.2) is 42.8 Å². The van der Waals surface area contributed by atoms with Crippen LogP contribution in [0.25, 0.3) is 0 Å². The SMILES string of the molecule is CC(=C[C@H](C(C)C)N(C)C(=O)CNC=O)C(=O)Nc1ccc(F)cc1. The van der Waals surface area contributed by atoms with E-state index in [9.17, 15) is 18.8 Å². The van der Waals surface area contributed by atoms with Crippen molar-refractivity contribution >= 4 is 23.9 Å². The van der Waals surface area contributed by atoms with E-state index in [2.05, 4.69) is 10.6 Å². The zero-order chi connectivity index (χ0) is 19.0. The smallest absolute Gasteiger partial charge is 0.251 e. The monoisotopic (exact) mass is 349 g/mol. The van der Waals surface area contributed by atoms with Crippen LogP contribution in [0.3, 0.4) is 0 Å². The molecule has 6 nitrogen and oxygen atoms in total. The summed E-state index contributed by atoms with van der Waals surface area (Å²) in [7, 11) is 1.63. The van der Waals surface area contributed by atoms with Gasteiger partial charge in [-0.15, -0.1) is 0 Å². The molecule has 0 aliphatic carbocycles. The van der Waals surface area contributed by atoms with Crippen molar-refractivity contribution < 1.29 is 18.8 Å². The minimum atomic E-state index is -0.380. The summed E-state index contributed by atoms with van der Waals surface area (Å²) in [6.45, 7) is 5.42. The van der Waals surface area contributed by atoms with Crippen LogP contribution in [0.4, 0.5) is 10.1 Å². The molecule has 0 aliphatic rings. The van der Waals surface area contributed by atoms with E-state index in [1.807, 2.05) is 13.8 Å². The maximum absolute atomic E-state index is 12.9. The third kappa shape index (κ3) is 6.37. The van der Waals surface area contributed by atoms with E-state index < -0.39 is 0 Å². The van der Waals surface area contributed by atoms with Gasteiger partial charge >= 0.3 is 0 Å². The number of likely N-dealkylation sites (N-methyl/N-ethyl adjacent to an activating group) is 1. The maximum atomic E-state index is 12.9. The molecular formula is C18H24FN3O3. The van der Waals surface area contributed by atoms with Crippen molar-refractivity contribution in [1.82, 2.24) is 10.2 Å². The Morgan fingerprint density at radius 2 is 1.84 bits per heavy atom. The molecule has 3 amide bonds. The summed E-state index contributed by atoms with van der Waals surface area (Å²) in [6, 6.07) is 5.17. The molecule has 2 N–H and O–H groups in total. The van der Waals surface area contributed by atoms with Crippen LogP contribution in [0.1, 0.15) is 20.8 Å². The van der Waals surface area contributed by atoms with Gasteiger partial charge in [-0.1, -0.05) is 19.9 Å². The van der Waals surface area contributed by atoms with Gasteiger partial charge in [0.1, 0.15) is 5.82 Å². The van der Waals surface area contributed by atoms with Crippen LogP contribution >= 0.6 is 0 Å². The fourth-order valence-corrected chi connectivity index (χ4v) is 2.27. The zero-order valence-electron chi connectivity index (χ0n) is 14.9. The molecular weight excluding hydrogens is 325 g/mol. The normalized spacial score (nSPS) is 12.5. The van der Waals surface area contributed by atoms with Gasteiger partial charge in [-0.3, -0.25) is 14.4 Å². The number of nitrogens with one attached hydrogen (secondary N) is 2. The molecule has 0 spiro atoms. The third-order valence-corrected chi connectivity index (χ3v) is 3.74. The Labute approximate surface area is 147 Å². The minimum Gasteiger partial charge on any atom is -0.350 e. The maximum Gasteiger partial charge on any atom is 0.251 e. The highest BCUT2D eigenvalue weighted by Crippen LogP contribution is 2.15. The molecule has 136 valence electrons. The van der Waals surface area contributed by atoms with E-state index in [1.165, 1.54) is 29.2 Å². The Hall–Kier alpha value is -2.70. The summed E-state index contributed by atoms with van der Waals surface area (Å²) in [5, 5.41) is 5.01. The lowest BCUT2D eigenvalue weighted by Crippen LogP contribution is -2.43. The van der Waals surface area contributed by atoms with Crippen molar-refractivity contribution in [2.24, 2.45) is 5.92 Å². The highest BCUT2D eigenvalue weighted by molar-refractivity contribution is 6.03. The van der Waals surface area contributed by atoms with Gasteiger partial charge in [0.2, 0.25) is 12.3 Å². The fourth-order valence-electron chi connectivity index (χ4n) is 2.27. The molecule has 1 aromatic rings. The van der Waals surface area contributed by atoms with Gasteiger partial charge < -0.3 is 15.5 Å². The largest absolute Gasteiger partial charge is 0.350 e. The second-order valence-corrected chi connectivity index (χ2v) is 6.05. The standard InChI is InChI=1S/C18H24FN3O3/c1-12(2)16(22(4)17(24)10-20-11-23)9-13(3)18(25)21-15-7-5-14(19)6-8-15/h5-9,11-12,16H,10H2,1-4H3,(H,20,23)(H,21,25)/t16-/m1/s1. The average molecular weight is 349 g/mol. The molecule has 1 rings (SSSR count). The Morgan fingerprint density at radius 3 is 2.36 bits per heavy atom. The zero-order valence-corrected chi connectivity index (χ0v) is 14.9. The predicted molar refractivity (Wildman–Crippen MR) is 94.2 cm³/mol. The molecule has 0 saturated carbocycles. The lowest BCUT2D eigenvalue weighted by atomic mass is 9.99. The number of halogens is 1. The van der Waals surface area contributed by atoms with E-state index in [-0.39, 0.29) is 36.1 Å². The fraction of sp³-hybridized carbons (Fsp3) is 0.389. The van der Waals surface area contributed by atoms with Crippen molar-refractivity contribution in [2.75, 3.05) is 18.9 Å². The lowest BCUT2D eigenvalue weighted by molar-refractivity contribution is -0.132. The molecule has 0 saturated heterocycles.